The van der Waals surface area contributed by atoms with Gasteiger partial charge in [-0.2, -0.15) is 4.98 Å². The number of aliphatic hydroxyl groups excluding tert-OH is 1. The Hall–Kier alpha value is -1.40. The SMILES string of the molecule is Nc1nc2c(ncn2C2OC3COP(O)(=S)OC3C2O)c(=O)[nH]1. The minimum Gasteiger partial charge on any atom is -0.386 e. The van der Waals surface area contributed by atoms with Crippen LogP contribution in [0.1, 0.15) is 6.23 Å². The topological polar surface area (TPSA) is 158 Å². The van der Waals surface area contributed by atoms with Gasteiger partial charge in [0.05, 0.1) is 12.9 Å². The van der Waals surface area contributed by atoms with E-state index in [2.05, 4.69) is 15.0 Å². The minimum absolute atomic E-state index is 0.00517. The Bertz CT molecular complexity index is 884. The van der Waals surface area contributed by atoms with Gasteiger partial charge in [-0.25, -0.2) is 4.98 Å². The summed E-state index contributed by atoms with van der Waals surface area (Å²) in [5.74, 6) is -0.0837. The van der Waals surface area contributed by atoms with Gasteiger partial charge >= 0.3 is 6.72 Å². The van der Waals surface area contributed by atoms with Crippen LogP contribution in [0.2, 0.25) is 0 Å². The first-order chi connectivity index (χ1) is 10.9. The molecule has 11 nitrogen and oxygen atoms in total. The summed E-state index contributed by atoms with van der Waals surface area (Å²) in [6, 6.07) is 0. The van der Waals surface area contributed by atoms with E-state index in [9.17, 15) is 14.8 Å². The van der Waals surface area contributed by atoms with E-state index in [1.165, 1.54) is 10.9 Å². The lowest BCUT2D eigenvalue weighted by Crippen LogP contribution is -2.39. The van der Waals surface area contributed by atoms with Crippen LogP contribution in [0.3, 0.4) is 0 Å². The van der Waals surface area contributed by atoms with Crippen molar-refractivity contribution in [3.05, 3.63) is 16.7 Å². The highest BCUT2D eigenvalue weighted by Crippen LogP contribution is 2.52. The molecule has 23 heavy (non-hydrogen) atoms. The van der Waals surface area contributed by atoms with Crippen molar-refractivity contribution in [3.63, 3.8) is 0 Å². The molecule has 0 spiro atoms. The summed E-state index contributed by atoms with van der Waals surface area (Å²) in [4.78, 5) is 31.8. The third-order valence-corrected chi connectivity index (χ3v) is 5.25. The second kappa shape index (κ2) is 5.05. The van der Waals surface area contributed by atoms with E-state index in [0.29, 0.717) is 0 Å². The van der Waals surface area contributed by atoms with E-state index in [-0.39, 0.29) is 23.7 Å². The Morgan fingerprint density at radius 2 is 2.35 bits per heavy atom. The van der Waals surface area contributed by atoms with Crippen LogP contribution >= 0.6 is 6.72 Å². The lowest BCUT2D eigenvalue weighted by atomic mass is 10.1. The molecule has 2 saturated heterocycles. The van der Waals surface area contributed by atoms with Crippen molar-refractivity contribution >= 4 is 35.6 Å². The highest BCUT2D eigenvalue weighted by Gasteiger charge is 2.51. The van der Waals surface area contributed by atoms with E-state index in [1.807, 2.05) is 0 Å². The molecule has 0 amide bonds. The maximum Gasteiger partial charge on any atom is 0.325 e. The van der Waals surface area contributed by atoms with Gasteiger partial charge in [0.25, 0.3) is 5.56 Å². The molecule has 2 aliphatic rings. The first-order valence-electron chi connectivity index (χ1n) is 6.57. The molecule has 13 heteroatoms. The summed E-state index contributed by atoms with van der Waals surface area (Å²) >= 11 is 4.78. The Balaban J connectivity index is 1.75. The molecule has 5 N–H and O–H groups in total. The minimum atomic E-state index is -3.38. The van der Waals surface area contributed by atoms with Gasteiger partial charge in [0.1, 0.15) is 18.3 Å². The van der Waals surface area contributed by atoms with Gasteiger partial charge in [0.2, 0.25) is 5.95 Å². The van der Waals surface area contributed by atoms with Crippen LogP contribution in [-0.4, -0.2) is 54.4 Å². The van der Waals surface area contributed by atoms with Crippen molar-refractivity contribution in [2.45, 2.75) is 24.5 Å². The molecular formula is C10H12N5O6PS. The molecule has 2 fully saturated rings. The van der Waals surface area contributed by atoms with Crippen molar-refractivity contribution < 1.29 is 23.8 Å². The number of hydrogen-bond donors (Lipinski definition) is 4. The summed E-state index contributed by atoms with van der Waals surface area (Å²) in [6.45, 7) is -3.39. The van der Waals surface area contributed by atoms with E-state index in [1.54, 1.807) is 0 Å². The van der Waals surface area contributed by atoms with Gasteiger partial charge in [-0.1, -0.05) is 0 Å². The van der Waals surface area contributed by atoms with Crippen molar-refractivity contribution in [1.29, 1.82) is 0 Å². The normalized spacial score (nSPS) is 37.1. The van der Waals surface area contributed by atoms with Gasteiger partial charge in [-0.15, -0.1) is 0 Å². The van der Waals surface area contributed by atoms with Crippen molar-refractivity contribution in [2.24, 2.45) is 0 Å². The number of nitrogens with zero attached hydrogens (tertiary/aromatic N) is 3. The average Bonchev–Trinajstić information content (AvgIpc) is 3.00. The number of anilines is 1. The highest BCUT2D eigenvalue weighted by molar-refractivity contribution is 8.07. The van der Waals surface area contributed by atoms with E-state index >= 15 is 0 Å². The van der Waals surface area contributed by atoms with E-state index < -0.39 is 36.8 Å². The van der Waals surface area contributed by atoms with Gasteiger partial charge in [0.15, 0.2) is 17.4 Å². The van der Waals surface area contributed by atoms with Crippen LogP contribution in [0.4, 0.5) is 5.95 Å². The van der Waals surface area contributed by atoms with Gasteiger partial charge in [0, 0.05) is 0 Å². The summed E-state index contributed by atoms with van der Waals surface area (Å²) in [5.41, 5.74) is 5.27. The fourth-order valence-electron chi connectivity index (χ4n) is 2.69. The van der Waals surface area contributed by atoms with Crippen molar-refractivity contribution in [2.75, 3.05) is 12.3 Å². The molecule has 0 aliphatic carbocycles. The summed E-state index contributed by atoms with van der Waals surface area (Å²) in [6.07, 6.45) is -2.23. The zero-order chi connectivity index (χ0) is 16.4. The number of rotatable bonds is 1. The standard InChI is InChI=1S/C10H12N5O6PS/c11-10-13-7-4(8(17)14-10)12-2-15(7)9-5(16)6-3(20-9)1-19-22(18,23)21-6/h2-3,5-6,9,16H,1H2,(H,18,23)(H3,11,13,14,17). The van der Waals surface area contributed by atoms with Crippen LogP contribution < -0.4 is 11.3 Å². The number of hydrogen-bond acceptors (Lipinski definition) is 9. The fourth-order valence-corrected chi connectivity index (χ4v) is 4.14. The Morgan fingerprint density at radius 3 is 3.13 bits per heavy atom. The summed E-state index contributed by atoms with van der Waals surface area (Å²) < 4.78 is 17.3. The molecule has 5 atom stereocenters. The maximum absolute atomic E-state index is 11.8. The second-order valence-corrected chi connectivity index (χ2v) is 7.96. The molecule has 0 aromatic carbocycles. The molecule has 2 aromatic heterocycles. The molecule has 2 aromatic rings. The number of aromatic nitrogens is 4. The molecule has 0 radical (unpaired) electrons. The van der Waals surface area contributed by atoms with Crippen LogP contribution in [-0.2, 0) is 25.6 Å². The zero-order valence-electron chi connectivity index (χ0n) is 11.4. The van der Waals surface area contributed by atoms with Crippen LogP contribution in [0, 0.1) is 0 Å². The summed E-state index contributed by atoms with van der Waals surface area (Å²) in [5, 5.41) is 10.4. The van der Waals surface area contributed by atoms with Gasteiger partial charge in [-0.05, 0) is 11.8 Å². The Labute approximate surface area is 133 Å². The molecular weight excluding hydrogens is 349 g/mol. The number of nitrogens with one attached hydrogen (secondary N) is 1. The lowest BCUT2D eigenvalue weighted by molar-refractivity contribution is -0.0593. The number of H-pyrrole nitrogens is 1. The lowest BCUT2D eigenvalue weighted by Gasteiger charge is -2.30. The molecule has 4 rings (SSSR count). The smallest absolute Gasteiger partial charge is 0.325 e. The average molecular weight is 361 g/mol. The molecule has 124 valence electrons. The third kappa shape index (κ3) is 2.39. The summed E-state index contributed by atoms with van der Waals surface area (Å²) in [7, 11) is 0. The zero-order valence-corrected chi connectivity index (χ0v) is 13.1. The molecule has 4 heterocycles. The molecule has 2 aliphatic heterocycles. The molecule has 5 unspecified atom stereocenters. The number of nitrogens with two attached hydrogens (primary N) is 1. The number of imidazole rings is 1. The largest absolute Gasteiger partial charge is 0.386 e. The van der Waals surface area contributed by atoms with Crippen LogP contribution in [0.15, 0.2) is 11.1 Å². The van der Waals surface area contributed by atoms with Crippen LogP contribution in [0.25, 0.3) is 11.2 Å². The van der Waals surface area contributed by atoms with E-state index in [4.69, 9.17) is 31.3 Å². The van der Waals surface area contributed by atoms with Crippen LogP contribution in [0.5, 0.6) is 0 Å². The van der Waals surface area contributed by atoms with E-state index in [0.717, 1.165) is 0 Å². The highest BCUT2D eigenvalue weighted by atomic mass is 32.5. The fraction of sp³-hybridized carbons (Fsp3) is 0.500. The van der Waals surface area contributed by atoms with Crippen molar-refractivity contribution in [1.82, 2.24) is 19.5 Å². The predicted molar refractivity (Wildman–Crippen MR) is 79.8 cm³/mol. The number of fused-ring (bicyclic) bond motifs is 2. The predicted octanol–water partition coefficient (Wildman–Crippen LogP) is -1.41. The third-order valence-electron chi connectivity index (χ3n) is 3.69. The van der Waals surface area contributed by atoms with Crippen molar-refractivity contribution in [3.8, 4) is 0 Å². The first kappa shape index (κ1) is 15.1. The molecule has 0 saturated carbocycles. The second-order valence-electron chi connectivity index (χ2n) is 5.17. The number of aliphatic hydroxyl groups is 1. The monoisotopic (exact) mass is 361 g/mol. The first-order valence-corrected chi connectivity index (χ1v) is 9.16. The quantitative estimate of drug-likeness (QED) is 0.445. The van der Waals surface area contributed by atoms with Gasteiger partial charge < -0.3 is 25.0 Å². The van der Waals surface area contributed by atoms with Gasteiger partial charge in [-0.3, -0.25) is 18.9 Å². The number of ether oxygens (including phenoxy) is 1. The Kier molecular flexibility index (Phi) is 3.32. The number of aromatic amines is 1. The molecule has 0 bridgehead atoms. The number of nitrogen functional groups attached to an aromatic ring is 1. The Morgan fingerprint density at radius 1 is 1.57 bits per heavy atom. The maximum atomic E-state index is 11.8.